The predicted octanol–water partition coefficient (Wildman–Crippen LogP) is 3.50. The summed E-state index contributed by atoms with van der Waals surface area (Å²) in [4.78, 5) is 0. The molecule has 106 valence electrons. The zero-order valence-corrected chi connectivity index (χ0v) is 12.5. The molecular weight excluding hydrogens is 238 g/mol. The average molecular weight is 263 g/mol. The van der Waals surface area contributed by atoms with Gasteiger partial charge in [0.15, 0.2) is 11.5 Å². The van der Waals surface area contributed by atoms with Crippen LogP contribution in [0, 0.1) is 0 Å². The van der Waals surface area contributed by atoms with Gasteiger partial charge in [0.25, 0.3) is 0 Å². The second-order valence-electron chi connectivity index (χ2n) is 4.48. The fourth-order valence-electron chi connectivity index (χ4n) is 1.91. The van der Waals surface area contributed by atoms with E-state index >= 15 is 0 Å². The first kappa shape index (κ1) is 15.6. The molecule has 0 fully saturated rings. The van der Waals surface area contributed by atoms with Crippen molar-refractivity contribution in [3.8, 4) is 11.5 Å². The van der Waals surface area contributed by atoms with Crippen LogP contribution < -0.4 is 14.8 Å². The standard InChI is InChI=1S/C16H25NO2/c1-5-10-17-12-13(3)11-14-8-7-9-15(19-6-2)16(14)18-4/h7-9,11,17H,5-6,10,12H2,1-4H3. The second-order valence-corrected chi connectivity index (χ2v) is 4.48. The van der Waals surface area contributed by atoms with Crippen molar-refractivity contribution < 1.29 is 9.47 Å². The summed E-state index contributed by atoms with van der Waals surface area (Å²) in [6.07, 6.45) is 3.29. The molecule has 0 atom stereocenters. The Morgan fingerprint density at radius 2 is 2.11 bits per heavy atom. The maximum absolute atomic E-state index is 5.58. The SMILES string of the molecule is CCCNCC(C)=Cc1cccc(OCC)c1OC. The fraction of sp³-hybridized carbons (Fsp3) is 0.500. The van der Waals surface area contributed by atoms with E-state index in [1.54, 1.807) is 7.11 Å². The average Bonchev–Trinajstić information content (AvgIpc) is 2.40. The number of nitrogens with one attached hydrogen (secondary N) is 1. The van der Waals surface area contributed by atoms with Gasteiger partial charge in [-0.1, -0.05) is 30.7 Å². The lowest BCUT2D eigenvalue weighted by atomic mass is 10.1. The minimum absolute atomic E-state index is 0.639. The minimum Gasteiger partial charge on any atom is -0.492 e. The highest BCUT2D eigenvalue weighted by Crippen LogP contribution is 2.32. The summed E-state index contributed by atoms with van der Waals surface area (Å²) in [5, 5.41) is 3.39. The van der Waals surface area contributed by atoms with Gasteiger partial charge in [-0.15, -0.1) is 0 Å². The van der Waals surface area contributed by atoms with Crippen molar-refractivity contribution in [1.82, 2.24) is 5.32 Å². The van der Waals surface area contributed by atoms with Crippen LogP contribution in [0.25, 0.3) is 6.08 Å². The molecule has 0 aromatic heterocycles. The Labute approximate surface area is 116 Å². The highest BCUT2D eigenvalue weighted by atomic mass is 16.5. The first-order valence-electron chi connectivity index (χ1n) is 6.90. The number of methoxy groups -OCH3 is 1. The van der Waals surface area contributed by atoms with Crippen molar-refractivity contribution in [2.24, 2.45) is 0 Å². The van der Waals surface area contributed by atoms with Gasteiger partial charge in [0.2, 0.25) is 0 Å². The van der Waals surface area contributed by atoms with Gasteiger partial charge in [0.05, 0.1) is 13.7 Å². The van der Waals surface area contributed by atoms with Gasteiger partial charge in [0.1, 0.15) is 0 Å². The fourth-order valence-corrected chi connectivity index (χ4v) is 1.91. The number of hydrogen-bond donors (Lipinski definition) is 1. The molecule has 0 aliphatic carbocycles. The van der Waals surface area contributed by atoms with E-state index in [0.29, 0.717) is 6.61 Å². The number of para-hydroxylation sites is 1. The van der Waals surface area contributed by atoms with E-state index in [1.807, 2.05) is 25.1 Å². The van der Waals surface area contributed by atoms with Crippen molar-refractivity contribution >= 4 is 6.08 Å². The molecular formula is C16H25NO2. The van der Waals surface area contributed by atoms with E-state index in [-0.39, 0.29) is 0 Å². The molecule has 0 radical (unpaired) electrons. The topological polar surface area (TPSA) is 30.5 Å². The third-order valence-corrected chi connectivity index (χ3v) is 2.75. The minimum atomic E-state index is 0.639. The normalized spacial score (nSPS) is 11.5. The molecule has 1 N–H and O–H groups in total. The van der Waals surface area contributed by atoms with E-state index in [1.165, 1.54) is 5.57 Å². The third kappa shape index (κ3) is 4.95. The molecule has 0 amide bonds. The lowest BCUT2D eigenvalue weighted by Crippen LogP contribution is -2.16. The molecule has 0 heterocycles. The molecule has 3 nitrogen and oxygen atoms in total. The van der Waals surface area contributed by atoms with Gasteiger partial charge < -0.3 is 14.8 Å². The van der Waals surface area contributed by atoms with Gasteiger partial charge in [0, 0.05) is 12.1 Å². The van der Waals surface area contributed by atoms with Crippen LogP contribution in [-0.4, -0.2) is 26.8 Å². The summed E-state index contributed by atoms with van der Waals surface area (Å²) >= 11 is 0. The van der Waals surface area contributed by atoms with Crippen LogP contribution in [0.15, 0.2) is 23.8 Å². The number of rotatable bonds is 8. The highest BCUT2D eigenvalue weighted by Gasteiger charge is 2.08. The molecule has 3 heteroatoms. The molecule has 0 aliphatic rings. The Morgan fingerprint density at radius 3 is 2.74 bits per heavy atom. The van der Waals surface area contributed by atoms with Crippen LogP contribution in [0.2, 0.25) is 0 Å². The Morgan fingerprint density at radius 1 is 1.32 bits per heavy atom. The van der Waals surface area contributed by atoms with Crippen molar-refractivity contribution in [1.29, 1.82) is 0 Å². The molecule has 1 aromatic carbocycles. The van der Waals surface area contributed by atoms with Crippen LogP contribution >= 0.6 is 0 Å². The highest BCUT2D eigenvalue weighted by molar-refractivity contribution is 5.64. The molecule has 0 aliphatic heterocycles. The van der Waals surface area contributed by atoms with Crippen molar-refractivity contribution in [2.75, 3.05) is 26.8 Å². The first-order chi connectivity index (χ1) is 9.22. The Bertz CT molecular complexity index is 413. The first-order valence-corrected chi connectivity index (χ1v) is 6.90. The lowest BCUT2D eigenvalue weighted by Gasteiger charge is -2.12. The number of benzene rings is 1. The zero-order chi connectivity index (χ0) is 14.1. The number of hydrogen-bond acceptors (Lipinski definition) is 3. The third-order valence-electron chi connectivity index (χ3n) is 2.75. The number of ether oxygens (including phenoxy) is 2. The van der Waals surface area contributed by atoms with Gasteiger partial charge in [-0.3, -0.25) is 0 Å². The van der Waals surface area contributed by atoms with Gasteiger partial charge >= 0.3 is 0 Å². The van der Waals surface area contributed by atoms with Crippen LogP contribution in [0.3, 0.4) is 0 Å². The van der Waals surface area contributed by atoms with Crippen LogP contribution in [0.4, 0.5) is 0 Å². The summed E-state index contributed by atoms with van der Waals surface area (Å²) in [6, 6.07) is 5.97. The Balaban J connectivity index is 2.87. The van der Waals surface area contributed by atoms with Crippen molar-refractivity contribution in [2.45, 2.75) is 27.2 Å². The van der Waals surface area contributed by atoms with Gasteiger partial charge in [-0.05, 0) is 32.9 Å². The second kappa shape index (κ2) is 8.59. The monoisotopic (exact) mass is 263 g/mol. The Kier molecular flexibility index (Phi) is 7.04. The molecule has 1 aromatic rings. The maximum atomic E-state index is 5.58. The quantitative estimate of drug-likeness (QED) is 0.728. The predicted molar refractivity (Wildman–Crippen MR) is 81.0 cm³/mol. The van der Waals surface area contributed by atoms with Gasteiger partial charge in [-0.25, -0.2) is 0 Å². The largest absolute Gasteiger partial charge is 0.492 e. The molecule has 0 spiro atoms. The maximum Gasteiger partial charge on any atom is 0.167 e. The Hall–Kier alpha value is -1.48. The molecule has 19 heavy (non-hydrogen) atoms. The van der Waals surface area contributed by atoms with E-state index in [2.05, 4.69) is 25.2 Å². The van der Waals surface area contributed by atoms with E-state index < -0.39 is 0 Å². The smallest absolute Gasteiger partial charge is 0.167 e. The van der Waals surface area contributed by atoms with Crippen LogP contribution in [0.5, 0.6) is 11.5 Å². The molecule has 0 saturated heterocycles. The van der Waals surface area contributed by atoms with Gasteiger partial charge in [-0.2, -0.15) is 0 Å². The van der Waals surface area contributed by atoms with Crippen molar-refractivity contribution in [3.63, 3.8) is 0 Å². The molecule has 1 rings (SSSR count). The summed E-state index contributed by atoms with van der Waals surface area (Å²) < 4.78 is 11.0. The zero-order valence-electron chi connectivity index (χ0n) is 12.5. The molecule has 0 bridgehead atoms. The van der Waals surface area contributed by atoms with E-state index in [0.717, 1.165) is 36.6 Å². The summed E-state index contributed by atoms with van der Waals surface area (Å²) in [5.74, 6) is 1.60. The summed E-state index contributed by atoms with van der Waals surface area (Å²) in [6.45, 7) is 8.84. The summed E-state index contributed by atoms with van der Waals surface area (Å²) in [5.41, 5.74) is 2.34. The van der Waals surface area contributed by atoms with E-state index in [9.17, 15) is 0 Å². The van der Waals surface area contributed by atoms with Crippen LogP contribution in [0.1, 0.15) is 32.8 Å². The van der Waals surface area contributed by atoms with Crippen LogP contribution in [-0.2, 0) is 0 Å². The van der Waals surface area contributed by atoms with E-state index in [4.69, 9.17) is 9.47 Å². The molecule has 0 saturated carbocycles. The van der Waals surface area contributed by atoms with Crippen molar-refractivity contribution in [3.05, 3.63) is 29.3 Å². The summed E-state index contributed by atoms with van der Waals surface area (Å²) in [7, 11) is 1.68. The molecule has 0 unspecified atom stereocenters. The lowest BCUT2D eigenvalue weighted by molar-refractivity contribution is 0.310.